The van der Waals surface area contributed by atoms with Crippen LogP contribution in [0.5, 0.6) is 0 Å². The first-order valence-corrected chi connectivity index (χ1v) is 5.51. The van der Waals surface area contributed by atoms with Gasteiger partial charge >= 0.3 is 0 Å². The van der Waals surface area contributed by atoms with Gasteiger partial charge in [0.25, 0.3) is 5.91 Å². The van der Waals surface area contributed by atoms with E-state index in [-0.39, 0.29) is 11.8 Å². The number of benzene rings is 1. The summed E-state index contributed by atoms with van der Waals surface area (Å²) in [4.78, 5) is 22.1. The zero-order chi connectivity index (χ0) is 11.8. The van der Waals surface area contributed by atoms with Gasteiger partial charge in [-0.15, -0.1) is 0 Å². The number of Topliss-reactive ketones (excluding diaryl/α,β-unsaturated/α-hetero) is 1. The lowest BCUT2D eigenvalue weighted by atomic mass is 9.90. The average molecular weight is 238 g/mol. The summed E-state index contributed by atoms with van der Waals surface area (Å²) in [6.07, 6.45) is 1.94. The highest BCUT2D eigenvalue weighted by molar-refractivity contribution is 6.36. The maximum atomic E-state index is 11.4. The fraction of sp³-hybridized carbons (Fsp3) is 0.333. The van der Waals surface area contributed by atoms with Crippen molar-refractivity contribution in [2.45, 2.75) is 24.7 Å². The van der Waals surface area contributed by atoms with Crippen molar-refractivity contribution in [3.05, 3.63) is 34.9 Å². The van der Waals surface area contributed by atoms with Crippen LogP contribution < -0.4 is 5.73 Å². The summed E-state index contributed by atoms with van der Waals surface area (Å²) < 4.78 is 0. The molecule has 1 aliphatic rings. The minimum Gasteiger partial charge on any atom is -0.363 e. The van der Waals surface area contributed by atoms with Crippen molar-refractivity contribution in [2.24, 2.45) is 5.73 Å². The van der Waals surface area contributed by atoms with Crippen LogP contribution >= 0.6 is 11.6 Å². The van der Waals surface area contributed by atoms with Crippen LogP contribution in [0.15, 0.2) is 24.3 Å². The standard InChI is InChI=1S/C12H12ClNO2/c13-9-4-2-1-3-8(9)12(5-6-12)7-10(15)11(14)16/h1-4H,5-7H2,(H2,14,16). The van der Waals surface area contributed by atoms with Gasteiger partial charge < -0.3 is 5.73 Å². The number of halogens is 1. The van der Waals surface area contributed by atoms with Crippen molar-refractivity contribution in [2.75, 3.05) is 0 Å². The van der Waals surface area contributed by atoms with Crippen LogP contribution in [0.2, 0.25) is 5.02 Å². The van der Waals surface area contributed by atoms with E-state index in [9.17, 15) is 9.59 Å². The normalized spacial score (nSPS) is 16.8. The second kappa shape index (κ2) is 3.91. The lowest BCUT2D eigenvalue weighted by Crippen LogP contribution is -2.27. The molecule has 1 aromatic rings. The number of carbonyl (C=O) groups is 2. The van der Waals surface area contributed by atoms with Crippen LogP contribution in [0.1, 0.15) is 24.8 Å². The molecule has 4 heteroatoms. The number of amides is 1. The maximum absolute atomic E-state index is 11.4. The molecule has 2 rings (SSSR count). The van der Waals surface area contributed by atoms with E-state index in [1.165, 1.54) is 0 Å². The van der Waals surface area contributed by atoms with Crippen LogP contribution in [0.4, 0.5) is 0 Å². The molecule has 0 aliphatic heterocycles. The smallest absolute Gasteiger partial charge is 0.284 e. The summed E-state index contributed by atoms with van der Waals surface area (Å²) in [6, 6.07) is 7.43. The second-order valence-corrected chi connectivity index (χ2v) is 4.63. The fourth-order valence-electron chi connectivity index (χ4n) is 1.98. The molecule has 0 heterocycles. The Morgan fingerprint density at radius 1 is 1.31 bits per heavy atom. The number of nitrogens with two attached hydrogens (primary N) is 1. The van der Waals surface area contributed by atoms with Gasteiger partial charge in [0.05, 0.1) is 0 Å². The highest BCUT2D eigenvalue weighted by Gasteiger charge is 2.47. The lowest BCUT2D eigenvalue weighted by Gasteiger charge is -2.15. The molecule has 1 amide bonds. The quantitative estimate of drug-likeness (QED) is 0.812. The summed E-state index contributed by atoms with van der Waals surface area (Å²) in [6.45, 7) is 0. The first kappa shape index (κ1) is 11.1. The Bertz CT molecular complexity index is 452. The minimum atomic E-state index is -0.863. The Morgan fingerprint density at radius 3 is 2.44 bits per heavy atom. The van der Waals surface area contributed by atoms with Crippen molar-refractivity contribution >= 4 is 23.3 Å². The van der Waals surface area contributed by atoms with E-state index in [2.05, 4.69) is 0 Å². The Kier molecular flexibility index (Phi) is 2.72. The topological polar surface area (TPSA) is 60.2 Å². The van der Waals surface area contributed by atoms with Crippen molar-refractivity contribution in [1.82, 2.24) is 0 Å². The number of ketones is 1. The van der Waals surface area contributed by atoms with Gasteiger partial charge in [-0.25, -0.2) is 0 Å². The average Bonchev–Trinajstić information content (AvgIpc) is 2.99. The molecule has 16 heavy (non-hydrogen) atoms. The third-order valence-corrected chi connectivity index (χ3v) is 3.40. The monoisotopic (exact) mass is 237 g/mol. The summed E-state index contributed by atoms with van der Waals surface area (Å²) in [5, 5.41) is 0.650. The lowest BCUT2D eigenvalue weighted by molar-refractivity contribution is -0.136. The number of carbonyl (C=O) groups excluding carboxylic acids is 2. The van der Waals surface area contributed by atoms with Crippen molar-refractivity contribution in [3.63, 3.8) is 0 Å². The van der Waals surface area contributed by atoms with E-state index >= 15 is 0 Å². The summed E-state index contributed by atoms with van der Waals surface area (Å²) >= 11 is 6.08. The third kappa shape index (κ3) is 1.95. The molecule has 0 saturated heterocycles. The third-order valence-electron chi connectivity index (χ3n) is 3.07. The van der Waals surface area contributed by atoms with Crippen LogP contribution in [-0.4, -0.2) is 11.7 Å². The van der Waals surface area contributed by atoms with E-state index in [0.29, 0.717) is 5.02 Å². The second-order valence-electron chi connectivity index (χ2n) is 4.22. The Balaban J connectivity index is 2.24. The summed E-state index contributed by atoms with van der Waals surface area (Å²) in [5.41, 5.74) is 5.67. The molecule has 1 saturated carbocycles. The fourth-order valence-corrected chi connectivity index (χ4v) is 2.31. The molecule has 1 fully saturated rings. The SMILES string of the molecule is NC(=O)C(=O)CC1(c2ccccc2Cl)CC1. The van der Waals surface area contributed by atoms with E-state index < -0.39 is 11.7 Å². The van der Waals surface area contributed by atoms with Crippen molar-refractivity contribution in [3.8, 4) is 0 Å². The predicted octanol–water partition coefficient (Wildman–Crippen LogP) is 1.82. The highest BCUT2D eigenvalue weighted by atomic mass is 35.5. The van der Waals surface area contributed by atoms with Crippen molar-refractivity contribution in [1.29, 1.82) is 0 Å². The van der Waals surface area contributed by atoms with Gasteiger partial charge in [0.15, 0.2) is 0 Å². The van der Waals surface area contributed by atoms with Gasteiger partial charge in [-0.1, -0.05) is 29.8 Å². The molecule has 0 bridgehead atoms. The molecule has 1 aliphatic carbocycles. The zero-order valence-electron chi connectivity index (χ0n) is 8.70. The Morgan fingerprint density at radius 2 is 1.94 bits per heavy atom. The van der Waals surface area contributed by atoms with Gasteiger partial charge in [-0.3, -0.25) is 9.59 Å². The molecular weight excluding hydrogens is 226 g/mol. The molecule has 2 N–H and O–H groups in total. The van der Waals surface area contributed by atoms with E-state index in [0.717, 1.165) is 18.4 Å². The number of hydrogen-bond acceptors (Lipinski definition) is 2. The molecule has 0 spiro atoms. The van der Waals surface area contributed by atoms with E-state index in [1.54, 1.807) is 6.07 Å². The van der Waals surface area contributed by atoms with Gasteiger partial charge in [0.2, 0.25) is 5.78 Å². The van der Waals surface area contributed by atoms with Crippen LogP contribution in [0, 0.1) is 0 Å². The molecule has 84 valence electrons. The molecular formula is C12H12ClNO2. The first-order chi connectivity index (χ1) is 7.55. The summed E-state index contributed by atoms with van der Waals surface area (Å²) in [5.74, 6) is -1.38. The van der Waals surface area contributed by atoms with E-state index in [1.807, 2.05) is 18.2 Å². The number of hydrogen-bond donors (Lipinski definition) is 1. The van der Waals surface area contributed by atoms with E-state index in [4.69, 9.17) is 17.3 Å². The first-order valence-electron chi connectivity index (χ1n) is 5.13. The summed E-state index contributed by atoms with van der Waals surface area (Å²) in [7, 11) is 0. The largest absolute Gasteiger partial charge is 0.363 e. The number of rotatable bonds is 4. The molecule has 0 atom stereocenters. The van der Waals surface area contributed by atoms with Gasteiger partial charge in [-0.05, 0) is 24.5 Å². The zero-order valence-corrected chi connectivity index (χ0v) is 9.46. The predicted molar refractivity (Wildman–Crippen MR) is 61.2 cm³/mol. The maximum Gasteiger partial charge on any atom is 0.284 e. The van der Waals surface area contributed by atoms with Gasteiger partial charge in [-0.2, -0.15) is 0 Å². The molecule has 0 aromatic heterocycles. The number of primary amides is 1. The van der Waals surface area contributed by atoms with Crippen LogP contribution in [0.3, 0.4) is 0 Å². The highest BCUT2D eigenvalue weighted by Crippen LogP contribution is 2.53. The Hall–Kier alpha value is -1.35. The molecule has 0 unspecified atom stereocenters. The van der Waals surface area contributed by atoms with Gasteiger partial charge in [0.1, 0.15) is 0 Å². The molecule has 1 aromatic carbocycles. The minimum absolute atomic E-state index is 0.173. The molecule has 3 nitrogen and oxygen atoms in total. The van der Waals surface area contributed by atoms with Crippen LogP contribution in [-0.2, 0) is 15.0 Å². The molecule has 0 radical (unpaired) electrons. The van der Waals surface area contributed by atoms with Crippen LogP contribution in [0.25, 0.3) is 0 Å². The Labute approximate surface area is 98.6 Å². The van der Waals surface area contributed by atoms with Gasteiger partial charge in [0, 0.05) is 16.9 Å². The van der Waals surface area contributed by atoms with Crippen molar-refractivity contribution < 1.29 is 9.59 Å².